The number of carbonyl (C=O) groups excluding carboxylic acids is 1. The lowest BCUT2D eigenvalue weighted by Gasteiger charge is -2.21. The first-order valence-corrected chi connectivity index (χ1v) is 9.24. The number of fused-ring (bicyclic) bond motifs is 1. The number of sulfonamides is 1. The van der Waals surface area contributed by atoms with Crippen LogP contribution in [0.5, 0.6) is 0 Å². The molecular formula is C12H11N3O3S3. The summed E-state index contributed by atoms with van der Waals surface area (Å²) in [6.45, 7) is 1.80. The molecule has 0 spiro atoms. The molecule has 1 aromatic heterocycles. The molecule has 3 rings (SSSR count). The van der Waals surface area contributed by atoms with E-state index in [9.17, 15) is 13.2 Å². The minimum absolute atomic E-state index is 0.0897. The Balaban J connectivity index is 1.93. The number of benzene rings is 1. The zero-order valence-electron chi connectivity index (χ0n) is 10.9. The lowest BCUT2D eigenvalue weighted by atomic mass is 10.3. The second-order valence-corrected chi connectivity index (χ2v) is 8.31. The van der Waals surface area contributed by atoms with Crippen molar-refractivity contribution in [1.29, 1.82) is 0 Å². The molecule has 110 valence electrons. The summed E-state index contributed by atoms with van der Waals surface area (Å²) in [5.74, 6) is -0.130. The van der Waals surface area contributed by atoms with E-state index < -0.39 is 10.0 Å². The Morgan fingerprint density at radius 2 is 2.19 bits per heavy atom. The van der Waals surface area contributed by atoms with Gasteiger partial charge in [0.2, 0.25) is 5.91 Å². The molecule has 0 saturated carbocycles. The summed E-state index contributed by atoms with van der Waals surface area (Å²) < 4.78 is 26.9. The van der Waals surface area contributed by atoms with Crippen molar-refractivity contribution in [2.45, 2.75) is 22.0 Å². The van der Waals surface area contributed by atoms with Crippen molar-refractivity contribution in [3.8, 4) is 0 Å². The molecule has 0 radical (unpaired) electrons. The third-order valence-corrected chi connectivity index (χ3v) is 6.18. The second kappa shape index (κ2) is 5.32. The fraction of sp³-hybridized carbons (Fsp3) is 0.167. The predicted octanol–water partition coefficient (Wildman–Crippen LogP) is 2.38. The van der Waals surface area contributed by atoms with Crippen LogP contribution < -0.4 is 10.0 Å². The maximum absolute atomic E-state index is 12.3. The van der Waals surface area contributed by atoms with Crippen LogP contribution in [-0.2, 0) is 14.8 Å². The van der Waals surface area contributed by atoms with Crippen LogP contribution in [0.4, 0.5) is 10.8 Å². The molecule has 1 aliphatic rings. The van der Waals surface area contributed by atoms with E-state index >= 15 is 0 Å². The molecule has 1 atom stereocenters. The van der Waals surface area contributed by atoms with Gasteiger partial charge in [0.25, 0.3) is 10.0 Å². The van der Waals surface area contributed by atoms with Crippen LogP contribution in [0.2, 0.25) is 0 Å². The highest BCUT2D eigenvalue weighted by molar-refractivity contribution is 8.01. The first-order valence-electron chi connectivity index (χ1n) is 5.99. The van der Waals surface area contributed by atoms with E-state index in [1.807, 2.05) is 0 Å². The average molecular weight is 341 g/mol. The van der Waals surface area contributed by atoms with Gasteiger partial charge < -0.3 is 5.32 Å². The molecule has 2 heterocycles. The van der Waals surface area contributed by atoms with E-state index in [4.69, 9.17) is 0 Å². The Bertz CT molecular complexity index is 787. The lowest BCUT2D eigenvalue weighted by Crippen LogP contribution is -2.26. The third-order valence-electron chi connectivity index (χ3n) is 2.85. The molecule has 9 heteroatoms. The summed E-state index contributed by atoms with van der Waals surface area (Å²) in [6.07, 6.45) is 1.52. The standard InChI is InChI=1S/C12H11N3O3S3/c1-7-11(16)14-9-6-8(2-3-10(9)20-7)21(17,18)15-12-13-4-5-19-12/h2-7H,1H3,(H,13,15)(H,14,16). The number of nitrogens with zero attached hydrogens (tertiary/aromatic N) is 1. The zero-order valence-corrected chi connectivity index (χ0v) is 13.3. The summed E-state index contributed by atoms with van der Waals surface area (Å²) in [5, 5.41) is 4.52. The number of rotatable bonds is 3. The molecule has 1 amide bonds. The minimum Gasteiger partial charge on any atom is -0.324 e. The summed E-state index contributed by atoms with van der Waals surface area (Å²) in [4.78, 5) is 16.5. The predicted molar refractivity (Wildman–Crippen MR) is 83.3 cm³/mol. The first-order chi connectivity index (χ1) is 9.95. The van der Waals surface area contributed by atoms with Gasteiger partial charge in [-0.3, -0.25) is 9.52 Å². The minimum atomic E-state index is -3.71. The largest absolute Gasteiger partial charge is 0.324 e. The first kappa shape index (κ1) is 14.4. The number of hydrogen-bond acceptors (Lipinski definition) is 6. The van der Waals surface area contributed by atoms with Gasteiger partial charge in [-0.1, -0.05) is 0 Å². The molecule has 0 aliphatic carbocycles. The summed E-state index contributed by atoms with van der Waals surface area (Å²) in [5.41, 5.74) is 0.519. The molecule has 1 unspecified atom stereocenters. The van der Waals surface area contributed by atoms with Crippen LogP contribution in [0.25, 0.3) is 0 Å². The Hall–Kier alpha value is -1.58. The van der Waals surface area contributed by atoms with E-state index in [-0.39, 0.29) is 16.1 Å². The maximum atomic E-state index is 12.3. The molecule has 2 N–H and O–H groups in total. The van der Waals surface area contributed by atoms with E-state index in [1.54, 1.807) is 18.4 Å². The molecule has 0 fully saturated rings. The van der Waals surface area contributed by atoms with Crippen LogP contribution in [-0.4, -0.2) is 24.6 Å². The van der Waals surface area contributed by atoms with Gasteiger partial charge in [-0.25, -0.2) is 13.4 Å². The van der Waals surface area contributed by atoms with Crippen LogP contribution >= 0.6 is 23.1 Å². The highest BCUT2D eigenvalue weighted by Gasteiger charge is 2.25. The van der Waals surface area contributed by atoms with Gasteiger partial charge in [0.05, 0.1) is 15.8 Å². The molecular weight excluding hydrogens is 330 g/mol. The fourth-order valence-electron chi connectivity index (χ4n) is 1.80. The number of thiazole rings is 1. The number of thioether (sulfide) groups is 1. The summed E-state index contributed by atoms with van der Waals surface area (Å²) in [6, 6.07) is 4.68. The molecule has 0 saturated heterocycles. The van der Waals surface area contributed by atoms with Gasteiger partial charge in [-0.05, 0) is 25.1 Å². The Morgan fingerprint density at radius 1 is 1.38 bits per heavy atom. The molecule has 1 aliphatic heterocycles. The van der Waals surface area contributed by atoms with Crippen molar-refractivity contribution in [1.82, 2.24) is 4.98 Å². The number of amides is 1. The summed E-state index contributed by atoms with van der Waals surface area (Å²) in [7, 11) is -3.71. The van der Waals surface area contributed by atoms with Gasteiger partial charge >= 0.3 is 0 Å². The fourth-order valence-corrected chi connectivity index (χ4v) is 4.55. The van der Waals surface area contributed by atoms with E-state index in [0.29, 0.717) is 10.8 Å². The van der Waals surface area contributed by atoms with Crippen LogP contribution in [0, 0.1) is 0 Å². The molecule has 21 heavy (non-hydrogen) atoms. The van der Waals surface area contributed by atoms with Crippen molar-refractivity contribution in [3.63, 3.8) is 0 Å². The van der Waals surface area contributed by atoms with Gasteiger partial charge in [0.15, 0.2) is 5.13 Å². The van der Waals surface area contributed by atoms with Gasteiger partial charge in [0.1, 0.15) is 0 Å². The lowest BCUT2D eigenvalue weighted by molar-refractivity contribution is -0.115. The van der Waals surface area contributed by atoms with E-state index in [1.165, 1.54) is 41.4 Å². The summed E-state index contributed by atoms with van der Waals surface area (Å²) >= 11 is 2.61. The van der Waals surface area contributed by atoms with Crippen molar-refractivity contribution < 1.29 is 13.2 Å². The van der Waals surface area contributed by atoms with Gasteiger partial charge in [0, 0.05) is 16.5 Å². The monoisotopic (exact) mass is 341 g/mol. The highest BCUT2D eigenvalue weighted by Crippen LogP contribution is 2.36. The number of carbonyl (C=O) groups is 1. The SMILES string of the molecule is CC1Sc2ccc(S(=O)(=O)Nc3nccs3)cc2NC1=O. The number of anilines is 2. The van der Waals surface area contributed by atoms with Crippen molar-refractivity contribution >= 4 is 49.8 Å². The molecule has 1 aromatic carbocycles. The van der Waals surface area contributed by atoms with Crippen LogP contribution in [0.3, 0.4) is 0 Å². The quantitative estimate of drug-likeness (QED) is 0.895. The van der Waals surface area contributed by atoms with Crippen molar-refractivity contribution in [2.75, 3.05) is 10.0 Å². The normalized spacial score (nSPS) is 18.0. The second-order valence-electron chi connectivity index (χ2n) is 4.35. The molecule has 0 bridgehead atoms. The van der Waals surface area contributed by atoms with Crippen molar-refractivity contribution in [3.05, 3.63) is 29.8 Å². The van der Waals surface area contributed by atoms with Gasteiger partial charge in [-0.2, -0.15) is 0 Å². The maximum Gasteiger partial charge on any atom is 0.263 e. The van der Waals surface area contributed by atoms with Crippen LogP contribution in [0.1, 0.15) is 6.92 Å². The van der Waals surface area contributed by atoms with Crippen LogP contribution in [0.15, 0.2) is 39.6 Å². The average Bonchev–Trinajstić information content (AvgIpc) is 2.91. The zero-order chi connectivity index (χ0) is 15.0. The molecule has 6 nitrogen and oxygen atoms in total. The molecule has 2 aromatic rings. The number of aromatic nitrogens is 1. The Labute approximate surface area is 130 Å². The topological polar surface area (TPSA) is 88.2 Å². The smallest absolute Gasteiger partial charge is 0.263 e. The van der Waals surface area contributed by atoms with Gasteiger partial charge in [-0.15, -0.1) is 23.1 Å². The number of hydrogen-bond donors (Lipinski definition) is 2. The van der Waals surface area contributed by atoms with E-state index in [2.05, 4.69) is 15.0 Å². The van der Waals surface area contributed by atoms with E-state index in [0.717, 1.165) is 4.90 Å². The number of nitrogens with one attached hydrogen (secondary N) is 2. The third kappa shape index (κ3) is 2.89. The Morgan fingerprint density at radius 3 is 2.90 bits per heavy atom. The highest BCUT2D eigenvalue weighted by atomic mass is 32.2. The Kier molecular flexibility index (Phi) is 3.64. The van der Waals surface area contributed by atoms with Crippen molar-refractivity contribution in [2.24, 2.45) is 0 Å².